The minimum absolute atomic E-state index is 0.731. The third-order valence-electron chi connectivity index (χ3n) is 0.167. The molecule has 1 nitrogen and oxygen atoms in total. The summed E-state index contributed by atoms with van der Waals surface area (Å²) in [6, 6.07) is 0. The van der Waals surface area contributed by atoms with Crippen LogP contribution in [0.5, 0.6) is 0 Å². The van der Waals surface area contributed by atoms with Crippen LogP contribution in [0, 0.1) is 0 Å². The molecular weight excluding hydrogens is 244 g/mol. The molecule has 0 spiro atoms. The fraction of sp³-hybridized carbons (Fsp3) is 1.00. The van der Waals surface area contributed by atoms with Gasteiger partial charge >= 0.3 is 42.4 Å². The van der Waals surface area contributed by atoms with Crippen LogP contribution < -0.4 is 0 Å². The Kier molecular flexibility index (Phi) is 4.74. The standard InChI is InChI=1S/C2H5O.Tl/c1-2-3;/h2H2,1H3;/q-1;+1. The third kappa shape index (κ3) is 2.88. The van der Waals surface area contributed by atoms with Crippen LogP contribution in [0.15, 0.2) is 0 Å². The maximum absolute atomic E-state index is 4.71. The van der Waals surface area contributed by atoms with Gasteiger partial charge in [-0.15, -0.1) is 0 Å². The Morgan fingerprint density at radius 2 is 2.25 bits per heavy atom. The molecule has 0 unspecified atom stereocenters. The summed E-state index contributed by atoms with van der Waals surface area (Å²) in [6.07, 6.45) is 0. The van der Waals surface area contributed by atoms with E-state index in [1.807, 2.05) is 6.92 Å². The van der Waals surface area contributed by atoms with E-state index in [1.165, 1.54) is 0 Å². The summed E-state index contributed by atoms with van der Waals surface area (Å²) >= 11 is 0.731. The van der Waals surface area contributed by atoms with Crippen molar-refractivity contribution >= 4 is 26.2 Å². The van der Waals surface area contributed by atoms with Gasteiger partial charge in [0.25, 0.3) is 0 Å². The molecule has 0 aliphatic carbocycles. The Balaban J connectivity index is 1.97. The van der Waals surface area contributed by atoms with Gasteiger partial charge in [0.2, 0.25) is 0 Å². The molecule has 0 N–H and O–H groups in total. The molecule has 22 valence electrons. The Morgan fingerprint density at radius 1 is 2.00 bits per heavy atom. The molecule has 0 aromatic rings. The second-order valence-electron chi connectivity index (χ2n) is 0.455. The summed E-state index contributed by atoms with van der Waals surface area (Å²) in [4.78, 5) is 0. The Bertz CT molecular complexity index is 8.00. The molecule has 0 saturated carbocycles. The van der Waals surface area contributed by atoms with Crippen LogP contribution in [0.2, 0.25) is 0 Å². The molecule has 0 aliphatic rings. The van der Waals surface area contributed by atoms with Crippen molar-refractivity contribution in [3.8, 4) is 0 Å². The van der Waals surface area contributed by atoms with Crippen molar-refractivity contribution in [2.24, 2.45) is 0 Å². The Hall–Kier alpha value is 0.882. The van der Waals surface area contributed by atoms with Crippen molar-refractivity contribution in [1.82, 2.24) is 0 Å². The fourth-order valence-corrected chi connectivity index (χ4v) is 0. The zero-order chi connectivity index (χ0) is 3.41. The summed E-state index contributed by atoms with van der Waals surface area (Å²) in [5.41, 5.74) is 0. The molecule has 0 saturated heterocycles. The first-order chi connectivity index (χ1) is 1.91. The zero-order valence-electron chi connectivity index (χ0n) is 2.69. The van der Waals surface area contributed by atoms with Gasteiger partial charge < -0.3 is 0 Å². The molecule has 0 radical (unpaired) electrons. The van der Waals surface area contributed by atoms with E-state index >= 15 is 0 Å². The number of hydrogen-bond acceptors (Lipinski definition) is 1. The van der Waals surface area contributed by atoms with E-state index in [1.54, 1.807) is 0 Å². The number of rotatable bonds is 1. The molecule has 0 amide bonds. The average Bonchev–Trinajstić information content (AvgIpc) is 1.37. The van der Waals surface area contributed by atoms with Crippen molar-refractivity contribution in [2.45, 2.75) is 6.92 Å². The van der Waals surface area contributed by atoms with Crippen molar-refractivity contribution in [3.05, 3.63) is 0 Å². The van der Waals surface area contributed by atoms with Gasteiger partial charge in [-0.05, 0) is 0 Å². The first-order valence-electron chi connectivity index (χ1n) is 1.23. The quantitative estimate of drug-likeness (QED) is 0.599. The van der Waals surface area contributed by atoms with E-state index in [9.17, 15) is 0 Å². The van der Waals surface area contributed by atoms with Gasteiger partial charge in [-0.1, -0.05) is 0 Å². The van der Waals surface area contributed by atoms with Crippen LogP contribution in [0.1, 0.15) is 6.92 Å². The molecule has 0 rings (SSSR count). The third-order valence-corrected chi connectivity index (χ3v) is 1.46. The molecule has 0 aliphatic heterocycles. The van der Waals surface area contributed by atoms with Crippen LogP contribution >= 0.6 is 0 Å². The summed E-state index contributed by atoms with van der Waals surface area (Å²) in [7, 11) is 0. The van der Waals surface area contributed by atoms with Gasteiger partial charge in [0.15, 0.2) is 0 Å². The first-order valence-corrected chi connectivity index (χ1v) is 3.06. The van der Waals surface area contributed by atoms with Crippen molar-refractivity contribution < 1.29 is 2.69 Å². The molecule has 0 fully saturated rings. The van der Waals surface area contributed by atoms with Gasteiger partial charge in [0.1, 0.15) is 0 Å². The van der Waals surface area contributed by atoms with Gasteiger partial charge in [-0.2, -0.15) is 0 Å². The van der Waals surface area contributed by atoms with Crippen LogP contribution in [0.25, 0.3) is 0 Å². The monoisotopic (exact) mass is 250 g/mol. The molecular formula is C2H5OTl. The minimum atomic E-state index is 0.731. The van der Waals surface area contributed by atoms with Gasteiger partial charge in [0.05, 0.1) is 0 Å². The van der Waals surface area contributed by atoms with Gasteiger partial charge in [-0.25, -0.2) is 0 Å². The first kappa shape index (κ1) is 4.88. The van der Waals surface area contributed by atoms with E-state index in [0.717, 1.165) is 32.8 Å². The van der Waals surface area contributed by atoms with E-state index in [-0.39, 0.29) is 0 Å². The van der Waals surface area contributed by atoms with Crippen molar-refractivity contribution in [3.63, 3.8) is 0 Å². The van der Waals surface area contributed by atoms with Crippen LogP contribution in [-0.4, -0.2) is 32.8 Å². The van der Waals surface area contributed by atoms with Gasteiger partial charge in [0, 0.05) is 0 Å². The summed E-state index contributed by atoms with van der Waals surface area (Å²) < 4.78 is 4.71. The molecule has 0 bridgehead atoms. The second-order valence-corrected chi connectivity index (χ2v) is 1.75. The van der Waals surface area contributed by atoms with Crippen LogP contribution in [0.3, 0.4) is 0 Å². The van der Waals surface area contributed by atoms with Gasteiger partial charge in [-0.3, -0.25) is 0 Å². The normalized spacial score (nSPS) is 7.00. The van der Waals surface area contributed by atoms with E-state index < -0.39 is 0 Å². The second kappa shape index (κ2) is 3.88. The summed E-state index contributed by atoms with van der Waals surface area (Å²) in [5, 5.41) is 0. The zero-order valence-corrected chi connectivity index (χ0v) is 7.18. The summed E-state index contributed by atoms with van der Waals surface area (Å²) in [6.45, 7) is 2.89. The van der Waals surface area contributed by atoms with Crippen molar-refractivity contribution in [2.75, 3.05) is 6.61 Å². The topological polar surface area (TPSA) is 9.23 Å². The van der Waals surface area contributed by atoms with Crippen LogP contribution in [-0.2, 0) is 2.69 Å². The Labute approximate surface area is 42.7 Å². The molecule has 0 atom stereocenters. The Morgan fingerprint density at radius 3 is 2.25 bits per heavy atom. The average molecular weight is 249 g/mol. The molecule has 4 heavy (non-hydrogen) atoms. The molecule has 0 heterocycles. The maximum atomic E-state index is 4.71. The fourth-order valence-electron chi connectivity index (χ4n) is 0. The number of hydrogen-bond donors (Lipinski definition) is 0. The van der Waals surface area contributed by atoms with E-state index in [4.69, 9.17) is 2.69 Å². The predicted octanol–water partition coefficient (Wildman–Crippen LogP) is 0.106. The predicted molar refractivity (Wildman–Crippen MR) is 17.4 cm³/mol. The molecule has 2 heteroatoms. The molecule has 0 aromatic carbocycles. The van der Waals surface area contributed by atoms with Crippen molar-refractivity contribution in [1.29, 1.82) is 0 Å². The van der Waals surface area contributed by atoms with E-state index in [2.05, 4.69) is 0 Å². The van der Waals surface area contributed by atoms with Crippen LogP contribution in [0.4, 0.5) is 0 Å². The SMILES string of the molecule is CC[O][Tl]. The summed E-state index contributed by atoms with van der Waals surface area (Å²) in [5.74, 6) is 0. The van der Waals surface area contributed by atoms with E-state index in [0.29, 0.717) is 0 Å². The molecule has 0 aromatic heterocycles.